The van der Waals surface area contributed by atoms with Crippen LogP contribution in [0.3, 0.4) is 0 Å². The van der Waals surface area contributed by atoms with Crippen molar-refractivity contribution in [1.82, 2.24) is 18.8 Å². The Kier molecular flexibility index (Phi) is 5.75. The van der Waals surface area contributed by atoms with E-state index in [1.807, 2.05) is 80.7 Å². The van der Waals surface area contributed by atoms with E-state index in [2.05, 4.69) is 22.0 Å². The van der Waals surface area contributed by atoms with Gasteiger partial charge in [-0.1, -0.05) is 54.6 Å². The molecule has 0 saturated carbocycles. The van der Waals surface area contributed by atoms with Crippen molar-refractivity contribution in [3.05, 3.63) is 117 Å². The molecule has 1 unspecified atom stereocenters. The topological polar surface area (TPSA) is 81.3 Å². The fraction of sp³-hybridized carbons (Fsp3) is 0.194. The number of fused-ring (bicyclic) bond motifs is 2. The lowest BCUT2D eigenvalue weighted by atomic mass is 9.95. The maximum absolute atomic E-state index is 13.7. The predicted octanol–water partition coefficient (Wildman–Crippen LogP) is 4.47. The quantitative estimate of drug-likeness (QED) is 0.372. The minimum Gasteiger partial charge on any atom is -0.348 e. The van der Waals surface area contributed by atoms with Crippen LogP contribution in [0.1, 0.15) is 38.9 Å². The van der Waals surface area contributed by atoms with Gasteiger partial charge in [0.2, 0.25) is 5.91 Å². The van der Waals surface area contributed by atoms with E-state index in [0.717, 1.165) is 27.7 Å². The van der Waals surface area contributed by atoms with Crippen LogP contribution >= 0.6 is 0 Å². The second-order valence-electron chi connectivity index (χ2n) is 9.98. The third-order valence-electron chi connectivity index (χ3n) is 7.91. The molecule has 5 aromatic rings. The molecule has 8 heteroatoms. The van der Waals surface area contributed by atoms with Gasteiger partial charge in [-0.3, -0.25) is 19.1 Å². The average Bonchev–Trinajstić information content (AvgIpc) is 3.45. The summed E-state index contributed by atoms with van der Waals surface area (Å²) in [6.07, 6.45) is 0. The minimum atomic E-state index is -0.427. The van der Waals surface area contributed by atoms with Crippen LogP contribution in [0.5, 0.6) is 0 Å². The van der Waals surface area contributed by atoms with Gasteiger partial charge in [0.15, 0.2) is 0 Å². The molecule has 0 fully saturated rings. The molecule has 0 saturated heterocycles. The van der Waals surface area contributed by atoms with Gasteiger partial charge in [-0.2, -0.15) is 0 Å². The standard InChI is InChI=1S/C31H29N5O3/c1-19-27(24-16-10-11-17-25(24)33(19)3)29-22-14-8-9-15-23(22)30(38)35(29)18-26(37)32-28-20(2)34(4)36(31(28)39)21-12-6-5-7-13-21/h5-17,29H,18H2,1-4H3,(H,32,37). The summed E-state index contributed by atoms with van der Waals surface area (Å²) in [4.78, 5) is 42.1. The van der Waals surface area contributed by atoms with Gasteiger partial charge in [-0.25, -0.2) is 4.68 Å². The lowest BCUT2D eigenvalue weighted by Gasteiger charge is -2.26. The number of aryl methyl sites for hydroxylation is 1. The van der Waals surface area contributed by atoms with Crippen molar-refractivity contribution < 1.29 is 9.59 Å². The van der Waals surface area contributed by atoms with Crippen LogP contribution in [-0.2, 0) is 18.9 Å². The van der Waals surface area contributed by atoms with Crippen LogP contribution in [0, 0.1) is 13.8 Å². The molecule has 2 aromatic heterocycles. The van der Waals surface area contributed by atoms with Crippen molar-refractivity contribution in [2.45, 2.75) is 19.9 Å². The molecular weight excluding hydrogens is 490 g/mol. The summed E-state index contributed by atoms with van der Waals surface area (Å²) < 4.78 is 5.35. The molecule has 3 heterocycles. The molecule has 6 rings (SSSR count). The zero-order chi connectivity index (χ0) is 27.4. The van der Waals surface area contributed by atoms with Crippen LogP contribution in [0.25, 0.3) is 16.6 Å². The van der Waals surface area contributed by atoms with Gasteiger partial charge in [0, 0.05) is 41.8 Å². The normalized spacial score (nSPS) is 14.7. The summed E-state index contributed by atoms with van der Waals surface area (Å²) in [5.74, 6) is -0.630. The Hall–Kier alpha value is -4.85. The Morgan fingerprint density at radius 2 is 1.51 bits per heavy atom. The van der Waals surface area contributed by atoms with Crippen LogP contribution < -0.4 is 10.9 Å². The Labute approximate surface area is 225 Å². The zero-order valence-corrected chi connectivity index (χ0v) is 22.3. The van der Waals surface area contributed by atoms with Crippen LogP contribution in [0.15, 0.2) is 83.7 Å². The lowest BCUT2D eigenvalue weighted by molar-refractivity contribution is -0.117. The molecule has 0 radical (unpaired) electrons. The third kappa shape index (κ3) is 3.71. The number of para-hydroxylation sites is 2. The molecule has 0 bridgehead atoms. The summed E-state index contributed by atoms with van der Waals surface area (Å²) in [5.41, 5.74) is 5.75. The molecule has 39 heavy (non-hydrogen) atoms. The van der Waals surface area contributed by atoms with Crippen LogP contribution in [-0.4, -0.2) is 37.2 Å². The van der Waals surface area contributed by atoms with Crippen LogP contribution in [0.2, 0.25) is 0 Å². The number of aromatic nitrogens is 3. The van der Waals surface area contributed by atoms with E-state index in [0.29, 0.717) is 16.9 Å². The van der Waals surface area contributed by atoms with Gasteiger partial charge in [0.1, 0.15) is 12.2 Å². The summed E-state index contributed by atoms with van der Waals surface area (Å²) in [5, 5.41) is 3.86. The summed E-state index contributed by atoms with van der Waals surface area (Å²) >= 11 is 0. The first-order valence-corrected chi connectivity index (χ1v) is 12.9. The number of benzene rings is 3. The monoisotopic (exact) mass is 519 g/mol. The van der Waals surface area contributed by atoms with Gasteiger partial charge in [0.05, 0.1) is 17.4 Å². The van der Waals surface area contributed by atoms with Crippen molar-refractivity contribution >= 4 is 28.4 Å². The van der Waals surface area contributed by atoms with Crippen molar-refractivity contribution in [3.63, 3.8) is 0 Å². The fourth-order valence-corrected chi connectivity index (χ4v) is 5.79. The number of anilines is 1. The summed E-state index contributed by atoms with van der Waals surface area (Å²) in [6.45, 7) is 3.63. The highest BCUT2D eigenvalue weighted by molar-refractivity contribution is 6.04. The highest BCUT2D eigenvalue weighted by Gasteiger charge is 2.40. The van der Waals surface area contributed by atoms with Gasteiger partial charge in [0.25, 0.3) is 11.5 Å². The lowest BCUT2D eigenvalue weighted by Crippen LogP contribution is -2.37. The number of hydrogen-bond acceptors (Lipinski definition) is 3. The zero-order valence-electron chi connectivity index (χ0n) is 22.3. The number of carbonyl (C=O) groups is 2. The molecule has 8 nitrogen and oxygen atoms in total. The number of rotatable bonds is 5. The second-order valence-corrected chi connectivity index (χ2v) is 9.98. The van der Waals surface area contributed by atoms with E-state index in [9.17, 15) is 14.4 Å². The first-order valence-electron chi connectivity index (χ1n) is 12.9. The van der Waals surface area contributed by atoms with Crippen molar-refractivity contribution in [3.8, 4) is 5.69 Å². The van der Waals surface area contributed by atoms with Gasteiger partial charge >= 0.3 is 0 Å². The Bertz CT molecular complexity index is 1830. The molecule has 1 aliphatic heterocycles. The van der Waals surface area contributed by atoms with Gasteiger partial charge in [-0.05, 0) is 43.7 Å². The Morgan fingerprint density at radius 1 is 0.846 bits per heavy atom. The predicted molar refractivity (Wildman–Crippen MR) is 151 cm³/mol. The number of hydrogen-bond donors (Lipinski definition) is 1. The molecule has 1 aliphatic rings. The molecule has 2 amide bonds. The van der Waals surface area contributed by atoms with Crippen molar-refractivity contribution in [2.75, 3.05) is 11.9 Å². The Morgan fingerprint density at radius 3 is 2.28 bits per heavy atom. The maximum Gasteiger partial charge on any atom is 0.295 e. The summed E-state index contributed by atoms with van der Waals surface area (Å²) in [6, 6.07) is 24.5. The molecular formula is C31H29N5O3. The van der Waals surface area contributed by atoms with Crippen molar-refractivity contribution in [2.24, 2.45) is 14.1 Å². The highest BCUT2D eigenvalue weighted by atomic mass is 16.2. The van der Waals surface area contributed by atoms with Gasteiger partial charge in [-0.15, -0.1) is 0 Å². The number of amides is 2. The fourth-order valence-electron chi connectivity index (χ4n) is 5.79. The average molecular weight is 520 g/mol. The molecule has 0 aliphatic carbocycles. The van der Waals surface area contributed by atoms with E-state index >= 15 is 0 Å². The summed E-state index contributed by atoms with van der Waals surface area (Å²) in [7, 11) is 3.79. The molecule has 0 spiro atoms. The number of nitrogens with one attached hydrogen (secondary N) is 1. The second kappa shape index (κ2) is 9.16. The van der Waals surface area contributed by atoms with Crippen LogP contribution in [0.4, 0.5) is 5.69 Å². The molecule has 196 valence electrons. The first-order chi connectivity index (χ1) is 18.8. The molecule has 3 aromatic carbocycles. The van der Waals surface area contributed by atoms with E-state index in [1.165, 1.54) is 4.68 Å². The molecule has 1 N–H and O–H groups in total. The van der Waals surface area contributed by atoms with E-state index in [1.54, 1.807) is 23.6 Å². The van der Waals surface area contributed by atoms with Crippen molar-refractivity contribution in [1.29, 1.82) is 0 Å². The molecule has 1 atom stereocenters. The highest BCUT2D eigenvalue weighted by Crippen LogP contribution is 2.43. The van der Waals surface area contributed by atoms with Gasteiger partial charge < -0.3 is 14.8 Å². The minimum absolute atomic E-state index is 0.194. The van der Waals surface area contributed by atoms with E-state index in [-0.39, 0.29) is 23.7 Å². The number of nitrogens with zero attached hydrogens (tertiary/aromatic N) is 4. The SMILES string of the molecule is Cc1c(C2c3ccccc3C(=O)N2CC(=O)Nc2c(C)n(C)n(-c3ccccc3)c2=O)c2ccccc2n1C. The Balaban J connectivity index is 1.38. The van der Waals surface area contributed by atoms with E-state index in [4.69, 9.17) is 0 Å². The number of carbonyl (C=O) groups excluding carboxylic acids is 2. The van der Waals surface area contributed by atoms with E-state index < -0.39 is 11.9 Å². The maximum atomic E-state index is 13.7. The third-order valence-corrected chi connectivity index (χ3v) is 7.91. The smallest absolute Gasteiger partial charge is 0.295 e. The first kappa shape index (κ1) is 24.5. The largest absolute Gasteiger partial charge is 0.348 e.